The SMILES string of the molecule is CCCCCCc1ccc2c(c1)c1ccc(Oc3cc(C(C)C)cc(-n4nc(C)c(-c5ccccc5)c4C)c3)cc1n2-c1cc(C)ccn1. The molecule has 4 aromatic carbocycles. The highest BCUT2D eigenvalue weighted by atomic mass is 16.5. The van der Waals surface area contributed by atoms with Crippen LogP contribution in [0, 0.1) is 20.8 Å². The Morgan fingerprint density at radius 1 is 0.735 bits per heavy atom. The first-order valence-corrected chi connectivity index (χ1v) is 17.8. The van der Waals surface area contributed by atoms with Crippen molar-refractivity contribution in [2.45, 2.75) is 79.6 Å². The molecule has 0 aliphatic heterocycles. The number of ether oxygens (including phenoxy) is 1. The van der Waals surface area contributed by atoms with Gasteiger partial charge in [0, 0.05) is 40.4 Å². The summed E-state index contributed by atoms with van der Waals surface area (Å²) in [5.41, 5.74) is 11.5. The van der Waals surface area contributed by atoms with Crippen molar-refractivity contribution in [2.24, 2.45) is 0 Å². The van der Waals surface area contributed by atoms with E-state index in [0.717, 1.165) is 51.8 Å². The van der Waals surface area contributed by atoms with Crippen LogP contribution in [0.5, 0.6) is 11.5 Å². The standard InChI is InChI=1S/C44H46N4O/c1-7-8-9-11-14-33-17-20-41-40(24-33)39-19-18-37(28-42(39)47(41)43-23-30(4)21-22-45-43)49-38-26-35(29(2)3)25-36(27-38)48-32(6)44(31(5)46-48)34-15-12-10-13-16-34/h10,12-13,15-29H,7-9,11,14H2,1-6H3. The van der Waals surface area contributed by atoms with Gasteiger partial charge in [0.25, 0.3) is 0 Å². The van der Waals surface area contributed by atoms with Crippen molar-refractivity contribution in [3.05, 3.63) is 131 Å². The second-order valence-electron chi connectivity index (χ2n) is 13.7. The minimum atomic E-state index is 0.321. The Morgan fingerprint density at radius 2 is 1.57 bits per heavy atom. The zero-order valence-electron chi connectivity index (χ0n) is 29.6. The Kier molecular flexibility index (Phi) is 9.09. The number of pyridine rings is 1. The lowest BCUT2D eigenvalue weighted by atomic mass is 10.0. The largest absolute Gasteiger partial charge is 0.457 e. The summed E-state index contributed by atoms with van der Waals surface area (Å²) in [6, 6.07) is 34.6. The summed E-state index contributed by atoms with van der Waals surface area (Å²) in [6.07, 6.45) is 8.03. The Morgan fingerprint density at radius 3 is 2.35 bits per heavy atom. The minimum absolute atomic E-state index is 0.321. The van der Waals surface area contributed by atoms with E-state index in [0.29, 0.717) is 5.92 Å². The summed E-state index contributed by atoms with van der Waals surface area (Å²) in [6.45, 7) is 13.1. The van der Waals surface area contributed by atoms with Crippen LogP contribution in [-0.4, -0.2) is 19.3 Å². The Hall–Kier alpha value is -5.16. The predicted molar refractivity (Wildman–Crippen MR) is 204 cm³/mol. The molecule has 248 valence electrons. The van der Waals surface area contributed by atoms with Gasteiger partial charge in [0.15, 0.2) is 0 Å². The molecule has 7 rings (SSSR count). The average Bonchev–Trinajstić information content (AvgIpc) is 3.59. The molecule has 3 aromatic heterocycles. The molecular formula is C44H46N4O. The second-order valence-corrected chi connectivity index (χ2v) is 13.7. The molecule has 7 aromatic rings. The third-order valence-corrected chi connectivity index (χ3v) is 9.67. The summed E-state index contributed by atoms with van der Waals surface area (Å²) in [7, 11) is 0. The number of nitrogens with zero attached hydrogens (tertiary/aromatic N) is 4. The number of rotatable bonds is 11. The molecule has 0 amide bonds. The van der Waals surface area contributed by atoms with Gasteiger partial charge >= 0.3 is 0 Å². The second kappa shape index (κ2) is 13.8. The number of fused-ring (bicyclic) bond motifs is 3. The summed E-state index contributed by atoms with van der Waals surface area (Å²) in [4.78, 5) is 4.82. The molecule has 0 aliphatic rings. The molecule has 0 saturated heterocycles. The van der Waals surface area contributed by atoms with E-state index in [9.17, 15) is 0 Å². The van der Waals surface area contributed by atoms with Crippen LogP contribution in [-0.2, 0) is 6.42 Å². The number of aromatic nitrogens is 4. The van der Waals surface area contributed by atoms with Crippen LogP contribution < -0.4 is 4.74 Å². The van der Waals surface area contributed by atoms with Gasteiger partial charge in [-0.3, -0.25) is 4.57 Å². The first-order chi connectivity index (χ1) is 23.8. The van der Waals surface area contributed by atoms with E-state index in [1.807, 2.05) is 12.3 Å². The molecule has 0 spiro atoms. The van der Waals surface area contributed by atoms with E-state index in [1.165, 1.54) is 64.3 Å². The lowest BCUT2D eigenvalue weighted by Crippen LogP contribution is -2.02. The lowest BCUT2D eigenvalue weighted by molar-refractivity contribution is 0.481. The maximum atomic E-state index is 6.74. The fraction of sp³-hybridized carbons (Fsp3) is 0.273. The number of benzene rings is 4. The molecule has 3 heterocycles. The van der Waals surface area contributed by atoms with Gasteiger partial charge in [-0.25, -0.2) is 9.67 Å². The number of hydrogen-bond acceptors (Lipinski definition) is 3. The summed E-state index contributed by atoms with van der Waals surface area (Å²) in [5.74, 6) is 2.81. The van der Waals surface area contributed by atoms with Crippen molar-refractivity contribution < 1.29 is 4.74 Å². The predicted octanol–water partition coefficient (Wildman–Crippen LogP) is 12.0. The van der Waals surface area contributed by atoms with Gasteiger partial charge in [0.1, 0.15) is 17.3 Å². The van der Waals surface area contributed by atoms with E-state index in [1.54, 1.807) is 0 Å². The molecule has 0 atom stereocenters. The van der Waals surface area contributed by atoms with Gasteiger partial charge in [0.2, 0.25) is 0 Å². The molecular weight excluding hydrogens is 601 g/mol. The maximum absolute atomic E-state index is 6.74. The van der Waals surface area contributed by atoms with Crippen molar-refractivity contribution in [1.29, 1.82) is 0 Å². The third-order valence-electron chi connectivity index (χ3n) is 9.67. The van der Waals surface area contributed by atoms with Crippen molar-refractivity contribution in [2.75, 3.05) is 0 Å². The van der Waals surface area contributed by atoms with Crippen LogP contribution in [0.15, 0.2) is 103 Å². The fourth-order valence-corrected chi connectivity index (χ4v) is 7.09. The molecule has 5 heteroatoms. The third kappa shape index (κ3) is 6.50. The Labute approximate surface area is 290 Å². The molecule has 0 aliphatic carbocycles. The normalized spacial score (nSPS) is 11.7. The highest BCUT2D eigenvalue weighted by Gasteiger charge is 2.18. The molecule has 0 unspecified atom stereocenters. The summed E-state index contributed by atoms with van der Waals surface area (Å²) in [5, 5.41) is 7.46. The van der Waals surface area contributed by atoms with Crippen molar-refractivity contribution >= 4 is 21.8 Å². The van der Waals surface area contributed by atoms with Crippen LogP contribution in [0.1, 0.15) is 80.5 Å². The van der Waals surface area contributed by atoms with Crippen molar-refractivity contribution in [1.82, 2.24) is 19.3 Å². The monoisotopic (exact) mass is 646 g/mol. The first kappa shape index (κ1) is 32.4. The molecule has 49 heavy (non-hydrogen) atoms. The van der Waals surface area contributed by atoms with Gasteiger partial charge < -0.3 is 4.74 Å². The average molecular weight is 647 g/mol. The number of hydrogen-bond donors (Lipinski definition) is 0. The number of unbranched alkanes of at least 4 members (excludes halogenated alkanes) is 3. The maximum Gasteiger partial charge on any atom is 0.137 e. The minimum Gasteiger partial charge on any atom is -0.457 e. The van der Waals surface area contributed by atoms with Gasteiger partial charge in [-0.05, 0) is 110 Å². The highest BCUT2D eigenvalue weighted by Crippen LogP contribution is 2.37. The van der Waals surface area contributed by atoms with E-state index in [4.69, 9.17) is 14.8 Å². The quantitative estimate of drug-likeness (QED) is 0.131. The number of aryl methyl sites for hydroxylation is 3. The first-order valence-electron chi connectivity index (χ1n) is 17.8. The van der Waals surface area contributed by atoms with Crippen LogP contribution in [0.25, 0.3) is 44.4 Å². The van der Waals surface area contributed by atoms with Gasteiger partial charge in [-0.1, -0.05) is 76.4 Å². The van der Waals surface area contributed by atoms with E-state index in [2.05, 4.69) is 142 Å². The topological polar surface area (TPSA) is 44.9 Å². The van der Waals surface area contributed by atoms with Gasteiger partial charge in [0.05, 0.1) is 22.4 Å². The highest BCUT2D eigenvalue weighted by molar-refractivity contribution is 6.09. The van der Waals surface area contributed by atoms with Gasteiger partial charge in [-0.2, -0.15) is 5.10 Å². The lowest BCUT2D eigenvalue weighted by Gasteiger charge is -2.15. The zero-order valence-corrected chi connectivity index (χ0v) is 29.6. The molecule has 5 nitrogen and oxygen atoms in total. The van der Waals surface area contributed by atoms with Crippen LogP contribution in [0.4, 0.5) is 0 Å². The molecule has 0 saturated carbocycles. The van der Waals surface area contributed by atoms with Gasteiger partial charge in [-0.15, -0.1) is 0 Å². The Balaban J connectivity index is 1.31. The molecule has 0 fully saturated rings. The molecule has 0 radical (unpaired) electrons. The zero-order chi connectivity index (χ0) is 34.1. The fourth-order valence-electron chi connectivity index (χ4n) is 7.09. The summed E-state index contributed by atoms with van der Waals surface area (Å²) >= 11 is 0. The van der Waals surface area contributed by atoms with Crippen LogP contribution in [0.3, 0.4) is 0 Å². The van der Waals surface area contributed by atoms with Crippen molar-refractivity contribution in [3.8, 4) is 34.1 Å². The van der Waals surface area contributed by atoms with Crippen LogP contribution >= 0.6 is 0 Å². The molecule has 0 N–H and O–H groups in total. The van der Waals surface area contributed by atoms with E-state index < -0.39 is 0 Å². The van der Waals surface area contributed by atoms with Crippen molar-refractivity contribution in [3.63, 3.8) is 0 Å². The summed E-state index contributed by atoms with van der Waals surface area (Å²) < 4.78 is 11.1. The Bertz CT molecular complexity index is 2260. The van der Waals surface area contributed by atoms with Crippen LogP contribution in [0.2, 0.25) is 0 Å². The molecule has 0 bridgehead atoms. The van der Waals surface area contributed by atoms with E-state index in [-0.39, 0.29) is 0 Å². The van der Waals surface area contributed by atoms with E-state index >= 15 is 0 Å². The smallest absolute Gasteiger partial charge is 0.137 e.